The molecule has 7 heteroatoms. The number of carbonyl (C=O) groups excluding carboxylic acids is 2. The molecule has 0 unspecified atom stereocenters. The standard InChI is InChI=1S/C18H22N4O3/c1-12-9-13(2)20-16(10-12)21-18(24)22-7-3-6-15(22)17(23)19-11-14-5-4-8-25-14/h4-5,8-10,15H,3,6-7,11H2,1-2H3,(H,19,23)(H,20,21,24)/t15-/m1/s1. The number of nitrogens with zero attached hydrogens (tertiary/aromatic N) is 2. The van der Waals surface area contributed by atoms with Crippen molar-refractivity contribution < 1.29 is 14.0 Å². The maximum absolute atomic E-state index is 12.6. The van der Waals surface area contributed by atoms with Crippen molar-refractivity contribution >= 4 is 17.8 Å². The average Bonchev–Trinajstić information content (AvgIpc) is 3.23. The van der Waals surface area contributed by atoms with E-state index in [0.717, 1.165) is 17.7 Å². The van der Waals surface area contributed by atoms with Crippen LogP contribution >= 0.6 is 0 Å². The Bertz CT molecular complexity index is 737. The van der Waals surface area contributed by atoms with Gasteiger partial charge in [0, 0.05) is 12.2 Å². The van der Waals surface area contributed by atoms with Crippen molar-refractivity contribution in [2.45, 2.75) is 39.3 Å². The maximum Gasteiger partial charge on any atom is 0.323 e. The molecule has 1 fully saturated rings. The van der Waals surface area contributed by atoms with Crippen LogP contribution in [0.2, 0.25) is 0 Å². The number of likely N-dealkylation sites (tertiary alicyclic amines) is 1. The summed E-state index contributed by atoms with van der Waals surface area (Å²) < 4.78 is 5.21. The minimum absolute atomic E-state index is 0.169. The quantitative estimate of drug-likeness (QED) is 0.894. The van der Waals surface area contributed by atoms with Crippen LogP contribution in [0.25, 0.3) is 0 Å². The van der Waals surface area contributed by atoms with E-state index < -0.39 is 6.04 Å². The Morgan fingerprint density at radius 2 is 2.20 bits per heavy atom. The minimum atomic E-state index is -0.471. The third-order valence-electron chi connectivity index (χ3n) is 4.17. The number of nitrogens with one attached hydrogen (secondary N) is 2. The zero-order valence-electron chi connectivity index (χ0n) is 14.4. The molecule has 0 spiro atoms. The van der Waals surface area contributed by atoms with Crippen LogP contribution in [0, 0.1) is 13.8 Å². The second-order valence-electron chi connectivity index (χ2n) is 6.25. The van der Waals surface area contributed by atoms with Crippen LogP contribution in [0.4, 0.5) is 10.6 Å². The summed E-state index contributed by atoms with van der Waals surface area (Å²) >= 11 is 0. The van der Waals surface area contributed by atoms with Crippen molar-refractivity contribution in [2.75, 3.05) is 11.9 Å². The molecule has 1 aliphatic heterocycles. The highest BCUT2D eigenvalue weighted by atomic mass is 16.3. The van der Waals surface area contributed by atoms with Gasteiger partial charge in [-0.1, -0.05) is 0 Å². The largest absolute Gasteiger partial charge is 0.467 e. The number of hydrogen-bond acceptors (Lipinski definition) is 4. The predicted octanol–water partition coefficient (Wildman–Crippen LogP) is 2.60. The van der Waals surface area contributed by atoms with Gasteiger partial charge < -0.3 is 14.6 Å². The van der Waals surface area contributed by atoms with E-state index in [1.807, 2.05) is 26.0 Å². The number of anilines is 1. The molecule has 2 N–H and O–H groups in total. The zero-order valence-corrected chi connectivity index (χ0v) is 14.4. The molecule has 3 rings (SSSR count). The molecule has 2 aromatic rings. The van der Waals surface area contributed by atoms with E-state index in [1.165, 1.54) is 0 Å². The monoisotopic (exact) mass is 342 g/mol. The Balaban J connectivity index is 1.61. The lowest BCUT2D eigenvalue weighted by atomic mass is 10.2. The lowest BCUT2D eigenvalue weighted by molar-refractivity contribution is -0.124. The van der Waals surface area contributed by atoms with E-state index >= 15 is 0 Å². The van der Waals surface area contributed by atoms with Gasteiger partial charge in [-0.05, 0) is 56.5 Å². The average molecular weight is 342 g/mol. The summed E-state index contributed by atoms with van der Waals surface area (Å²) in [5, 5.41) is 5.62. The number of hydrogen-bond donors (Lipinski definition) is 2. The van der Waals surface area contributed by atoms with Gasteiger partial charge in [0.2, 0.25) is 5.91 Å². The van der Waals surface area contributed by atoms with Crippen LogP contribution < -0.4 is 10.6 Å². The van der Waals surface area contributed by atoms with Crippen molar-refractivity contribution in [3.05, 3.63) is 47.5 Å². The predicted molar refractivity (Wildman–Crippen MR) is 93.0 cm³/mol. The first kappa shape index (κ1) is 17.0. The number of carbonyl (C=O) groups is 2. The summed E-state index contributed by atoms with van der Waals surface area (Å²) in [5.74, 6) is 1.02. The normalized spacial score (nSPS) is 16.7. The fraction of sp³-hybridized carbons (Fsp3) is 0.389. The van der Waals surface area contributed by atoms with E-state index in [2.05, 4.69) is 15.6 Å². The number of aryl methyl sites for hydroxylation is 2. The number of amides is 3. The van der Waals surface area contributed by atoms with E-state index in [-0.39, 0.29) is 11.9 Å². The topological polar surface area (TPSA) is 87.5 Å². The van der Waals surface area contributed by atoms with Crippen molar-refractivity contribution in [3.63, 3.8) is 0 Å². The van der Waals surface area contributed by atoms with Crippen LogP contribution in [-0.2, 0) is 11.3 Å². The molecule has 3 heterocycles. The van der Waals surface area contributed by atoms with E-state index in [4.69, 9.17) is 4.42 Å². The molecule has 7 nitrogen and oxygen atoms in total. The van der Waals surface area contributed by atoms with Crippen molar-refractivity contribution in [2.24, 2.45) is 0 Å². The molecule has 2 aromatic heterocycles. The molecule has 132 valence electrons. The van der Waals surface area contributed by atoms with E-state index in [0.29, 0.717) is 31.1 Å². The molecule has 0 aromatic carbocycles. The van der Waals surface area contributed by atoms with Crippen molar-refractivity contribution in [1.82, 2.24) is 15.2 Å². The number of pyridine rings is 1. The van der Waals surface area contributed by atoms with Crippen LogP contribution in [0.3, 0.4) is 0 Å². The summed E-state index contributed by atoms with van der Waals surface area (Å²) in [7, 11) is 0. The Labute approximate surface area is 146 Å². The Kier molecular flexibility index (Phi) is 5.02. The number of urea groups is 1. The second-order valence-corrected chi connectivity index (χ2v) is 6.25. The first-order valence-electron chi connectivity index (χ1n) is 8.36. The molecule has 0 aliphatic carbocycles. The second kappa shape index (κ2) is 7.38. The van der Waals surface area contributed by atoms with E-state index in [9.17, 15) is 9.59 Å². The molecule has 0 bridgehead atoms. The molecular weight excluding hydrogens is 320 g/mol. The van der Waals surface area contributed by atoms with Gasteiger partial charge in [0.05, 0.1) is 12.8 Å². The van der Waals surface area contributed by atoms with Crippen LogP contribution in [0.15, 0.2) is 34.9 Å². The maximum atomic E-state index is 12.6. The highest BCUT2D eigenvalue weighted by Crippen LogP contribution is 2.19. The van der Waals surface area contributed by atoms with Crippen LogP contribution in [-0.4, -0.2) is 34.4 Å². The Hall–Kier alpha value is -2.83. The SMILES string of the molecule is Cc1cc(C)nc(NC(=O)N2CCC[C@@H]2C(=O)NCc2ccco2)c1. The lowest BCUT2D eigenvalue weighted by Gasteiger charge is -2.24. The smallest absolute Gasteiger partial charge is 0.323 e. The van der Waals surface area contributed by atoms with E-state index in [1.54, 1.807) is 23.3 Å². The summed E-state index contributed by atoms with van der Waals surface area (Å²) in [4.78, 5) is 30.9. The molecular formula is C18H22N4O3. The van der Waals surface area contributed by atoms with Gasteiger partial charge in [0.25, 0.3) is 0 Å². The van der Waals surface area contributed by atoms with Crippen LogP contribution in [0.1, 0.15) is 29.9 Å². The molecule has 1 saturated heterocycles. The fourth-order valence-electron chi connectivity index (χ4n) is 3.07. The van der Waals surface area contributed by atoms with Gasteiger partial charge in [-0.2, -0.15) is 0 Å². The first-order chi connectivity index (χ1) is 12.0. The number of rotatable bonds is 4. The summed E-state index contributed by atoms with van der Waals surface area (Å²) in [5.41, 5.74) is 1.86. The Morgan fingerprint density at radius 1 is 1.36 bits per heavy atom. The van der Waals surface area contributed by atoms with Gasteiger partial charge in [0.15, 0.2) is 0 Å². The van der Waals surface area contributed by atoms with Gasteiger partial charge in [-0.15, -0.1) is 0 Å². The van der Waals surface area contributed by atoms with Crippen molar-refractivity contribution in [1.29, 1.82) is 0 Å². The number of furan rings is 1. The summed E-state index contributed by atoms with van der Waals surface area (Å²) in [6.07, 6.45) is 3.01. The summed E-state index contributed by atoms with van der Waals surface area (Å²) in [6.45, 7) is 4.69. The minimum Gasteiger partial charge on any atom is -0.467 e. The third-order valence-corrected chi connectivity index (χ3v) is 4.17. The lowest BCUT2D eigenvalue weighted by Crippen LogP contribution is -2.47. The zero-order chi connectivity index (χ0) is 17.8. The first-order valence-corrected chi connectivity index (χ1v) is 8.36. The molecule has 25 heavy (non-hydrogen) atoms. The number of aromatic nitrogens is 1. The molecule has 0 saturated carbocycles. The van der Waals surface area contributed by atoms with Crippen LogP contribution in [0.5, 0.6) is 0 Å². The fourth-order valence-corrected chi connectivity index (χ4v) is 3.07. The third kappa shape index (κ3) is 4.17. The summed E-state index contributed by atoms with van der Waals surface area (Å²) in [6, 6.07) is 6.55. The highest BCUT2D eigenvalue weighted by molar-refractivity contribution is 5.93. The molecule has 1 aliphatic rings. The molecule has 0 radical (unpaired) electrons. The van der Waals surface area contributed by atoms with Gasteiger partial charge in [-0.3, -0.25) is 10.1 Å². The highest BCUT2D eigenvalue weighted by Gasteiger charge is 2.34. The van der Waals surface area contributed by atoms with Crippen molar-refractivity contribution in [3.8, 4) is 0 Å². The van der Waals surface area contributed by atoms with Gasteiger partial charge in [0.1, 0.15) is 17.6 Å². The Morgan fingerprint density at radius 3 is 2.92 bits per heavy atom. The molecule has 1 atom stereocenters. The molecule has 3 amide bonds. The van der Waals surface area contributed by atoms with Gasteiger partial charge in [-0.25, -0.2) is 9.78 Å². The van der Waals surface area contributed by atoms with Gasteiger partial charge >= 0.3 is 6.03 Å².